The Morgan fingerprint density at radius 1 is 1.28 bits per heavy atom. The summed E-state index contributed by atoms with van der Waals surface area (Å²) >= 11 is 0. The summed E-state index contributed by atoms with van der Waals surface area (Å²) in [5.41, 5.74) is 2.12. The fraction of sp³-hybridized carbons (Fsp3) is 0.357. The van der Waals surface area contributed by atoms with Gasteiger partial charge in [0.05, 0.1) is 11.3 Å². The second kappa shape index (κ2) is 4.82. The van der Waals surface area contributed by atoms with E-state index in [-0.39, 0.29) is 0 Å². The summed E-state index contributed by atoms with van der Waals surface area (Å²) in [5, 5.41) is 15.2. The number of aromatic nitrogens is 1. The van der Waals surface area contributed by atoms with Crippen molar-refractivity contribution >= 4 is 12.2 Å². The highest BCUT2D eigenvalue weighted by molar-refractivity contribution is 5.32. The van der Waals surface area contributed by atoms with Gasteiger partial charge in [0.15, 0.2) is 0 Å². The molecule has 2 aromatic rings. The summed E-state index contributed by atoms with van der Waals surface area (Å²) in [4.78, 5) is 0. The molecule has 1 atom stereocenters. The van der Waals surface area contributed by atoms with Gasteiger partial charge >= 0.3 is 0 Å². The average molecular weight is 247 g/mol. The minimum atomic E-state index is -0.844. The Bertz CT molecular complexity index is 613. The molecule has 4 nitrogen and oxygen atoms in total. The number of aliphatic hydroxyl groups is 1. The van der Waals surface area contributed by atoms with E-state index in [0.29, 0.717) is 22.8 Å². The largest absolute Gasteiger partial charge is 0.458 e. The van der Waals surface area contributed by atoms with E-state index in [1.54, 1.807) is 13.8 Å². The Labute approximate surface area is 105 Å². The molecule has 0 saturated heterocycles. The van der Waals surface area contributed by atoms with Crippen molar-refractivity contribution in [3.63, 3.8) is 0 Å². The molecule has 2 heterocycles. The smallest absolute Gasteiger partial charge is 0.142 e. The number of aliphatic hydroxyl groups excluding tert-OH is 1. The quantitative estimate of drug-likeness (QED) is 0.875. The van der Waals surface area contributed by atoms with Gasteiger partial charge in [-0.05, 0) is 39.8 Å². The van der Waals surface area contributed by atoms with Gasteiger partial charge in [0, 0.05) is 5.22 Å². The van der Waals surface area contributed by atoms with Crippen molar-refractivity contribution in [1.82, 2.24) is 5.16 Å². The zero-order valence-corrected chi connectivity index (χ0v) is 11.0. The molecule has 0 aromatic carbocycles. The van der Waals surface area contributed by atoms with Gasteiger partial charge in [0.1, 0.15) is 23.0 Å². The summed E-state index contributed by atoms with van der Waals surface area (Å²) < 4.78 is 10.7. The lowest BCUT2D eigenvalue weighted by molar-refractivity contribution is 0.184. The fourth-order valence-corrected chi connectivity index (χ4v) is 2.05. The van der Waals surface area contributed by atoms with Crippen LogP contribution in [0.3, 0.4) is 0 Å². The summed E-state index contributed by atoms with van der Waals surface area (Å²) in [6.45, 7) is 7.42. The molecule has 0 saturated carbocycles. The Morgan fingerprint density at radius 2 is 2.00 bits per heavy atom. The Hall–Kier alpha value is -1.81. The molecule has 1 unspecified atom stereocenters. The van der Waals surface area contributed by atoms with Crippen molar-refractivity contribution in [1.29, 1.82) is 0 Å². The number of hydrogen-bond acceptors (Lipinski definition) is 4. The van der Waals surface area contributed by atoms with Crippen molar-refractivity contribution in [2.45, 2.75) is 33.8 Å². The van der Waals surface area contributed by atoms with Crippen LogP contribution in [0.2, 0.25) is 0 Å². The molecule has 1 N–H and O–H groups in total. The Morgan fingerprint density at radius 3 is 2.44 bits per heavy atom. The average Bonchev–Trinajstić information content (AvgIpc) is 2.92. The molecule has 0 bridgehead atoms. The van der Waals surface area contributed by atoms with Gasteiger partial charge in [-0.2, -0.15) is 0 Å². The van der Waals surface area contributed by atoms with Crippen molar-refractivity contribution in [3.8, 4) is 0 Å². The van der Waals surface area contributed by atoms with Crippen molar-refractivity contribution in [2.75, 3.05) is 0 Å². The third kappa shape index (κ3) is 1.99. The van der Waals surface area contributed by atoms with Crippen molar-refractivity contribution in [2.24, 2.45) is 0 Å². The molecule has 0 spiro atoms. The maximum Gasteiger partial charge on any atom is 0.142 e. The van der Waals surface area contributed by atoms with Gasteiger partial charge in [-0.1, -0.05) is 11.2 Å². The first-order chi connectivity index (χ1) is 8.58. The van der Waals surface area contributed by atoms with E-state index >= 15 is 0 Å². The van der Waals surface area contributed by atoms with Crippen LogP contribution < -0.4 is 10.6 Å². The number of furan rings is 1. The van der Waals surface area contributed by atoms with Crippen LogP contribution in [0.15, 0.2) is 15.0 Å². The van der Waals surface area contributed by atoms with Crippen LogP contribution in [0.5, 0.6) is 0 Å². The lowest BCUT2D eigenvalue weighted by Crippen LogP contribution is -2.17. The van der Waals surface area contributed by atoms with Crippen LogP contribution in [0.25, 0.3) is 12.2 Å². The Kier molecular flexibility index (Phi) is 3.39. The lowest BCUT2D eigenvalue weighted by Gasteiger charge is -2.06. The van der Waals surface area contributed by atoms with Gasteiger partial charge < -0.3 is 14.0 Å². The Balaban J connectivity index is 2.54. The molecular formula is C14H17NO3. The number of aryl methyl sites for hydroxylation is 2. The third-order valence-corrected chi connectivity index (χ3v) is 3.01. The van der Waals surface area contributed by atoms with E-state index < -0.39 is 6.10 Å². The highest BCUT2D eigenvalue weighted by Gasteiger charge is 2.22. The van der Waals surface area contributed by atoms with Crippen LogP contribution >= 0.6 is 0 Å². The lowest BCUT2D eigenvalue weighted by atomic mass is 10.1. The van der Waals surface area contributed by atoms with Gasteiger partial charge in [0.2, 0.25) is 0 Å². The monoisotopic (exact) mass is 247 g/mol. The van der Waals surface area contributed by atoms with Crippen molar-refractivity contribution < 1.29 is 14.0 Å². The standard InChI is InChI=1S/C14H17NO3/c1-5-10-7-12(17-11(10)6-2)14(16)13-8(3)15-18-9(13)4/h5-7,14,16H,1-4H3. The summed E-state index contributed by atoms with van der Waals surface area (Å²) in [6.07, 6.45) is 2.98. The van der Waals surface area contributed by atoms with E-state index in [0.717, 1.165) is 10.6 Å². The molecule has 0 fully saturated rings. The minimum Gasteiger partial charge on any atom is -0.458 e. The van der Waals surface area contributed by atoms with E-state index in [1.165, 1.54) is 0 Å². The van der Waals surface area contributed by atoms with E-state index in [1.807, 2.05) is 32.1 Å². The van der Waals surface area contributed by atoms with Crippen LogP contribution in [-0.2, 0) is 0 Å². The zero-order chi connectivity index (χ0) is 13.3. The summed E-state index contributed by atoms with van der Waals surface area (Å²) in [6, 6.07) is 1.84. The van der Waals surface area contributed by atoms with Gasteiger partial charge in [-0.25, -0.2) is 0 Å². The number of hydrogen-bond donors (Lipinski definition) is 1. The molecular weight excluding hydrogens is 230 g/mol. The molecule has 96 valence electrons. The van der Waals surface area contributed by atoms with Crippen LogP contribution in [-0.4, -0.2) is 10.3 Å². The fourth-order valence-electron chi connectivity index (χ4n) is 2.05. The second-order valence-electron chi connectivity index (χ2n) is 4.19. The molecule has 0 amide bonds. The van der Waals surface area contributed by atoms with Crippen LogP contribution in [0, 0.1) is 13.8 Å². The molecule has 0 aliphatic heterocycles. The first kappa shape index (κ1) is 12.6. The molecule has 0 radical (unpaired) electrons. The second-order valence-corrected chi connectivity index (χ2v) is 4.19. The molecule has 0 aliphatic rings. The zero-order valence-electron chi connectivity index (χ0n) is 11.0. The maximum atomic E-state index is 10.3. The number of nitrogens with zero attached hydrogens (tertiary/aromatic N) is 1. The highest BCUT2D eigenvalue weighted by Crippen LogP contribution is 2.26. The van der Waals surface area contributed by atoms with E-state index in [4.69, 9.17) is 8.94 Å². The maximum absolute atomic E-state index is 10.3. The summed E-state index contributed by atoms with van der Waals surface area (Å²) in [5.74, 6) is 1.12. The predicted octanol–water partition coefficient (Wildman–Crippen LogP) is 1.57. The molecule has 0 aliphatic carbocycles. The molecule has 2 rings (SSSR count). The third-order valence-electron chi connectivity index (χ3n) is 3.01. The van der Waals surface area contributed by atoms with Gasteiger partial charge in [0.25, 0.3) is 0 Å². The molecule has 18 heavy (non-hydrogen) atoms. The van der Waals surface area contributed by atoms with Crippen LogP contribution in [0.4, 0.5) is 0 Å². The minimum absolute atomic E-state index is 0.505. The van der Waals surface area contributed by atoms with Gasteiger partial charge in [-0.3, -0.25) is 0 Å². The van der Waals surface area contributed by atoms with Crippen molar-refractivity contribution in [3.05, 3.63) is 39.5 Å². The first-order valence-corrected chi connectivity index (χ1v) is 5.91. The normalized spacial score (nSPS) is 15.4. The summed E-state index contributed by atoms with van der Waals surface area (Å²) in [7, 11) is 0. The molecule has 2 aromatic heterocycles. The van der Waals surface area contributed by atoms with Crippen LogP contribution in [0.1, 0.15) is 42.7 Å². The van der Waals surface area contributed by atoms with E-state index in [9.17, 15) is 5.11 Å². The predicted molar refractivity (Wildman–Crippen MR) is 68.3 cm³/mol. The SMILES string of the molecule is CC=c1cc(C(O)c2c(C)noc2C)oc1=CC. The van der Waals surface area contributed by atoms with E-state index in [2.05, 4.69) is 5.16 Å². The first-order valence-electron chi connectivity index (χ1n) is 5.91. The molecule has 4 heteroatoms. The highest BCUT2D eigenvalue weighted by atomic mass is 16.5. The number of rotatable bonds is 2. The topological polar surface area (TPSA) is 59.4 Å². The van der Waals surface area contributed by atoms with Gasteiger partial charge in [-0.15, -0.1) is 0 Å².